The Labute approximate surface area is 147 Å². The van der Waals surface area contributed by atoms with Crippen molar-refractivity contribution in [1.29, 1.82) is 0 Å². The minimum absolute atomic E-state index is 0.0238. The van der Waals surface area contributed by atoms with Gasteiger partial charge in [0.15, 0.2) is 0 Å². The van der Waals surface area contributed by atoms with Crippen molar-refractivity contribution in [2.45, 2.75) is 19.5 Å². The van der Waals surface area contributed by atoms with Crippen molar-refractivity contribution in [2.75, 3.05) is 13.7 Å². The highest BCUT2D eigenvalue weighted by Crippen LogP contribution is 2.21. The Balaban J connectivity index is 1.53. The molecule has 5 heteroatoms. The molecule has 0 bridgehead atoms. The van der Waals surface area contributed by atoms with E-state index in [0.717, 1.165) is 16.9 Å². The molecular formula is C20H22N2O3. The summed E-state index contributed by atoms with van der Waals surface area (Å²) in [7, 11) is 1.62. The number of benzene rings is 2. The molecule has 0 radical (unpaired) electrons. The normalized spacial score (nSPS) is 16.8. The number of carbonyl (C=O) groups excluding carboxylic acids is 2. The third-order valence-electron chi connectivity index (χ3n) is 4.43. The molecule has 1 fully saturated rings. The van der Waals surface area contributed by atoms with Gasteiger partial charge in [-0.3, -0.25) is 9.59 Å². The van der Waals surface area contributed by atoms with E-state index in [4.69, 9.17) is 4.74 Å². The maximum absolute atomic E-state index is 12.3. The molecule has 1 atom stereocenters. The minimum Gasteiger partial charge on any atom is -0.497 e. The summed E-state index contributed by atoms with van der Waals surface area (Å²) in [4.78, 5) is 26.3. The minimum atomic E-state index is -0.283. The summed E-state index contributed by atoms with van der Waals surface area (Å²) in [5, 5.41) is 2.93. The maximum atomic E-state index is 12.3. The van der Waals surface area contributed by atoms with Crippen LogP contribution in [-0.2, 0) is 22.7 Å². The summed E-state index contributed by atoms with van der Waals surface area (Å²) in [5.41, 5.74) is 2.08. The van der Waals surface area contributed by atoms with Crippen molar-refractivity contribution in [3.05, 3.63) is 65.7 Å². The van der Waals surface area contributed by atoms with Gasteiger partial charge in [0.05, 0.1) is 13.0 Å². The predicted octanol–water partition coefficient (Wildman–Crippen LogP) is 2.36. The smallest absolute Gasteiger partial charge is 0.225 e. The molecule has 0 spiro atoms. The van der Waals surface area contributed by atoms with E-state index in [-0.39, 0.29) is 24.2 Å². The maximum Gasteiger partial charge on any atom is 0.225 e. The van der Waals surface area contributed by atoms with Gasteiger partial charge in [-0.2, -0.15) is 0 Å². The summed E-state index contributed by atoms with van der Waals surface area (Å²) < 4.78 is 5.14. The van der Waals surface area contributed by atoms with Crippen molar-refractivity contribution in [3.8, 4) is 5.75 Å². The van der Waals surface area contributed by atoms with Crippen molar-refractivity contribution in [2.24, 2.45) is 5.92 Å². The summed E-state index contributed by atoms with van der Waals surface area (Å²) >= 11 is 0. The highest BCUT2D eigenvalue weighted by molar-refractivity contribution is 5.89. The standard InChI is InChI=1S/C20H22N2O3/c1-25-18-9-7-16(8-10-18)13-22-14-17(11-19(22)23)20(24)21-12-15-5-3-2-4-6-15/h2-10,17H,11-14H2,1H3,(H,21,24). The van der Waals surface area contributed by atoms with Crippen LogP contribution < -0.4 is 10.1 Å². The number of hydrogen-bond acceptors (Lipinski definition) is 3. The fourth-order valence-corrected chi connectivity index (χ4v) is 2.98. The van der Waals surface area contributed by atoms with Crippen molar-refractivity contribution in [3.63, 3.8) is 0 Å². The third-order valence-corrected chi connectivity index (χ3v) is 4.43. The zero-order chi connectivity index (χ0) is 17.6. The lowest BCUT2D eigenvalue weighted by molar-refractivity contribution is -0.129. The van der Waals surface area contributed by atoms with E-state index < -0.39 is 0 Å². The van der Waals surface area contributed by atoms with Crippen LogP contribution in [0.4, 0.5) is 0 Å². The summed E-state index contributed by atoms with van der Waals surface area (Å²) in [6.45, 7) is 1.47. The largest absolute Gasteiger partial charge is 0.497 e. The van der Waals surface area contributed by atoms with Crippen LogP contribution in [0.15, 0.2) is 54.6 Å². The van der Waals surface area contributed by atoms with Gasteiger partial charge in [0.1, 0.15) is 5.75 Å². The average molecular weight is 338 g/mol. The Bertz CT molecular complexity index is 728. The monoisotopic (exact) mass is 338 g/mol. The molecule has 0 aromatic heterocycles. The van der Waals surface area contributed by atoms with Gasteiger partial charge in [-0.05, 0) is 23.3 Å². The molecule has 1 unspecified atom stereocenters. The first-order valence-electron chi connectivity index (χ1n) is 8.38. The molecule has 25 heavy (non-hydrogen) atoms. The Morgan fingerprint density at radius 3 is 2.52 bits per heavy atom. The van der Waals surface area contributed by atoms with Gasteiger partial charge in [0.25, 0.3) is 0 Å². The fourth-order valence-electron chi connectivity index (χ4n) is 2.98. The van der Waals surface area contributed by atoms with E-state index in [0.29, 0.717) is 19.6 Å². The number of amides is 2. The third kappa shape index (κ3) is 4.38. The fraction of sp³-hybridized carbons (Fsp3) is 0.300. The molecule has 1 heterocycles. The Hall–Kier alpha value is -2.82. The van der Waals surface area contributed by atoms with Gasteiger partial charge in [-0.1, -0.05) is 42.5 Å². The lowest BCUT2D eigenvalue weighted by Crippen LogP contribution is -2.32. The van der Waals surface area contributed by atoms with E-state index in [2.05, 4.69) is 5.32 Å². The molecule has 5 nitrogen and oxygen atoms in total. The van der Waals surface area contributed by atoms with E-state index in [1.807, 2.05) is 54.6 Å². The highest BCUT2D eigenvalue weighted by atomic mass is 16.5. The van der Waals surface area contributed by atoms with Crippen molar-refractivity contribution < 1.29 is 14.3 Å². The van der Waals surface area contributed by atoms with Crippen molar-refractivity contribution >= 4 is 11.8 Å². The molecule has 0 aliphatic carbocycles. The molecule has 2 aromatic carbocycles. The molecule has 3 rings (SSSR count). The van der Waals surface area contributed by atoms with Crippen LogP contribution in [-0.4, -0.2) is 30.4 Å². The van der Waals surface area contributed by atoms with Crippen LogP contribution in [0.25, 0.3) is 0 Å². The van der Waals surface area contributed by atoms with Crippen molar-refractivity contribution in [1.82, 2.24) is 10.2 Å². The summed E-state index contributed by atoms with van der Waals surface area (Å²) in [5.74, 6) is 0.467. The first-order chi connectivity index (χ1) is 12.2. The number of rotatable bonds is 6. The van der Waals surface area contributed by atoms with Gasteiger partial charge >= 0.3 is 0 Å². The number of nitrogens with zero attached hydrogens (tertiary/aromatic N) is 1. The summed E-state index contributed by atoms with van der Waals surface area (Å²) in [6, 6.07) is 17.4. The molecule has 2 amide bonds. The van der Waals surface area contributed by atoms with Crippen LogP contribution in [0.2, 0.25) is 0 Å². The molecule has 1 saturated heterocycles. The van der Waals surface area contributed by atoms with Gasteiger partial charge in [-0.15, -0.1) is 0 Å². The second-order valence-electron chi connectivity index (χ2n) is 6.23. The second kappa shape index (κ2) is 7.83. The van der Waals surface area contributed by atoms with Gasteiger partial charge in [0, 0.05) is 26.1 Å². The lowest BCUT2D eigenvalue weighted by Gasteiger charge is -2.17. The number of nitrogens with one attached hydrogen (secondary N) is 1. The van der Waals surface area contributed by atoms with Crippen LogP contribution in [0, 0.1) is 5.92 Å². The lowest BCUT2D eigenvalue weighted by atomic mass is 10.1. The van der Waals surface area contributed by atoms with Crippen LogP contribution >= 0.6 is 0 Å². The topological polar surface area (TPSA) is 58.6 Å². The number of methoxy groups -OCH3 is 1. The van der Waals surface area contributed by atoms with E-state index >= 15 is 0 Å². The van der Waals surface area contributed by atoms with Gasteiger partial charge in [-0.25, -0.2) is 0 Å². The molecule has 2 aromatic rings. The Morgan fingerprint density at radius 1 is 1.12 bits per heavy atom. The van der Waals surface area contributed by atoms with E-state index in [9.17, 15) is 9.59 Å². The summed E-state index contributed by atoms with van der Waals surface area (Å²) in [6.07, 6.45) is 0.275. The highest BCUT2D eigenvalue weighted by Gasteiger charge is 2.34. The number of likely N-dealkylation sites (tertiary alicyclic amines) is 1. The first kappa shape index (κ1) is 17.0. The quantitative estimate of drug-likeness (QED) is 0.880. The zero-order valence-electron chi connectivity index (χ0n) is 14.3. The van der Waals surface area contributed by atoms with Gasteiger partial charge in [0.2, 0.25) is 11.8 Å². The Kier molecular flexibility index (Phi) is 5.33. The molecule has 1 aliphatic rings. The number of ether oxygens (including phenoxy) is 1. The molecule has 130 valence electrons. The average Bonchev–Trinajstić information content (AvgIpc) is 3.02. The zero-order valence-corrected chi connectivity index (χ0v) is 14.3. The molecular weight excluding hydrogens is 316 g/mol. The van der Waals surface area contributed by atoms with Crippen LogP contribution in [0.5, 0.6) is 5.75 Å². The van der Waals surface area contributed by atoms with E-state index in [1.54, 1.807) is 12.0 Å². The van der Waals surface area contributed by atoms with Crippen LogP contribution in [0.3, 0.4) is 0 Å². The second-order valence-corrected chi connectivity index (χ2v) is 6.23. The van der Waals surface area contributed by atoms with Gasteiger partial charge < -0.3 is 15.0 Å². The predicted molar refractivity (Wildman–Crippen MR) is 94.8 cm³/mol. The van der Waals surface area contributed by atoms with Crippen LogP contribution in [0.1, 0.15) is 17.5 Å². The molecule has 1 N–H and O–H groups in total. The number of carbonyl (C=O) groups is 2. The molecule has 0 saturated carbocycles. The first-order valence-corrected chi connectivity index (χ1v) is 8.38. The number of hydrogen-bond donors (Lipinski definition) is 1. The Morgan fingerprint density at radius 2 is 1.84 bits per heavy atom. The van der Waals surface area contributed by atoms with E-state index in [1.165, 1.54) is 0 Å². The SMILES string of the molecule is COc1ccc(CN2CC(C(=O)NCc3ccccc3)CC2=O)cc1. The molecule has 1 aliphatic heterocycles.